The Morgan fingerprint density at radius 3 is 2.36 bits per heavy atom. The van der Waals surface area contributed by atoms with Crippen molar-refractivity contribution in [2.45, 2.75) is 44.9 Å². The Bertz CT molecular complexity index is 876. The van der Waals surface area contributed by atoms with E-state index in [0.717, 1.165) is 54.6 Å². The maximum Gasteiger partial charge on any atom is 0.416 e. The maximum atomic E-state index is 12.9. The Morgan fingerprint density at radius 2 is 1.71 bits per heavy atom. The van der Waals surface area contributed by atoms with Gasteiger partial charge in [0.1, 0.15) is 0 Å². The second kappa shape index (κ2) is 7.15. The predicted octanol–water partition coefficient (Wildman–Crippen LogP) is 5.33. The molecule has 6 heteroatoms. The first-order valence-corrected chi connectivity index (χ1v) is 9.68. The highest BCUT2D eigenvalue weighted by molar-refractivity contribution is 5.76. The summed E-state index contributed by atoms with van der Waals surface area (Å²) in [7, 11) is 0. The topological polar surface area (TPSA) is 23.6 Å². The van der Waals surface area contributed by atoms with E-state index in [9.17, 15) is 18.0 Å². The number of hydrogen-bond donors (Lipinski definition) is 0. The first kappa shape index (κ1) is 18.8. The zero-order valence-corrected chi connectivity index (χ0v) is 15.8. The van der Waals surface area contributed by atoms with Crippen LogP contribution in [-0.4, -0.2) is 35.0 Å². The van der Waals surface area contributed by atoms with E-state index in [1.807, 2.05) is 28.0 Å². The van der Waals surface area contributed by atoms with Gasteiger partial charge >= 0.3 is 12.2 Å². The summed E-state index contributed by atoms with van der Waals surface area (Å²) in [6.07, 6.45) is -1.43. The standard InChI is InChI=1S/C22H23F3N2O/c1-15-3-2-11-27(15)21(28)26-12-10-17-4-5-18(13-19(17)14-26)16-6-8-20(9-7-16)22(23,24)25/h4-9,13,15H,2-3,10-12,14H2,1H3. The first-order chi connectivity index (χ1) is 13.3. The zero-order chi connectivity index (χ0) is 19.9. The van der Waals surface area contributed by atoms with E-state index in [1.54, 1.807) is 0 Å². The number of hydrogen-bond acceptors (Lipinski definition) is 1. The van der Waals surface area contributed by atoms with Gasteiger partial charge in [-0.1, -0.05) is 24.3 Å². The lowest BCUT2D eigenvalue weighted by Crippen LogP contribution is -2.46. The van der Waals surface area contributed by atoms with Gasteiger partial charge in [0, 0.05) is 25.7 Å². The molecule has 0 bridgehead atoms. The summed E-state index contributed by atoms with van der Waals surface area (Å²) in [5.41, 5.74) is 3.24. The van der Waals surface area contributed by atoms with Gasteiger partial charge in [0.2, 0.25) is 0 Å². The molecule has 0 aromatic heterocycles. The van der Waals surface area contributed by atoms with Gasteiger partial charge in [0.25, 0.3) is 0 Å². The van der Waals surface area contributed by atoms with Crippen molar-refractivity contribution in [3.8, 4) is 11.1 Å². The third-order valence-corrected chi connectivity index (χ3v) is 5.83. The number of halogens is 3. The summed E-state index contributed by atoms with van der Waals surface area (Å²) in [4.78, 5) is 16.7. The van der Waals surface area contributed by atoms with Crippen molar-refractivity contribution in [1.29, 1.82) is 0 Å². The van der Waals surface area contributed by atoms with Gasteiger partial charge in [0.05, 0.1) is 5.56 Å². The van der Waals surface area contributed by atoms with Crippen LogP contribution in [0.2, 0.25) is 0 Å². The zero-order valence-electron chi connectivity index (χ0n) is 15.8. The van der Waals surface area contributed by atoms with Gasteiger partial charge in [-0.3, -0.25) is 0 Å². The van der Waals surface area contributed by atoms with E-state index >= 15 is 0 Å². The van der Waals surface area contributed by atoms with Gasteiger partial charge in [-0.15, -0.1) is 0 Å². The molecule has 2 amide bonds. The minimum Gasteiger partial charge on any atom is -0.322 e. The van der Waals surface area contributed by atoms with Crippen molar-refractivity contribution in [2.75, 3.05) is 13.1 Å². The van der Waals surface area contributed by atoms with Crippen LogP contribution in [0.15, 0.2) is 42.5 Å². The van der Waals surface area contributed by atoms with Crippen LogP contribution in [-0.2, 0) is 19.1 Å². The van der Waals surface area contributed by atoms with Crippen LogP contribution in [0.3, 0.4) is 0 Å². The lowest BCUT2D eigenvalue weighted by molar-refractivity contribution is -0.137. The van der Waals surface area contributed by atoms with Gasteiger partial charge in [0.15, 0.2) is 0 Å². The molecule has 0 aliphatic carbocycles. The quantitative estimate of drug-likeness (QED) is 0.647. The van der Waals surface area contributed by atoms with E-state index in [2.05, 4.69) is 6.92 Å². The largest absolute Gasteiger partial charge is 0.416 e. The minimum atomic E-state index is -4.33. The molecule has 4 rings (SSSR count). The molecule has 0 saturated carbocycles. The number of carbonyl (C=O) groups is 1. The fourth-order valence-electron chi connectivity index (χ4n) is 4.15. The fourth-order valence-corrected chi connectivity index (χ4v) is 4.15. The summed E-state index contributed by atoms with van der Waals surface area (Å²) in [6, 6.07) is 11.6. The van der Waals surface area contributed by atoms with E-state index < -0.39 is 11.7 Å². The van der Waals surface area contributed by atoms with E-state index in [-0.39, 0.29) is 12.1 Å². The smallest absolute Gasteiger partial charge is 0.322 e. The van der Waals surface area contributed by atoms with Gasteiger partial charge in [-0.05, 0) is 66.6 Å². The van der Waals surface area contributed by atoms with E-state index in [1.165, 1.54) is 17.7 Å². The molecular formula is C22H23F3N2O. The molecular weight excluding hydrogens is 365 g/mol. The molecule has 2 aliphatic rings. The Hall–Kier alpha value is -2.50. The van der Waals surface area contributed by atoms with Gasteiger partial charge in [-0.25, -0.2) is 4.79 Å². The Kier molecular flexibility index (Phi) is 4.81. The lowest BCUT2D eigenvalue weighted by Gasteiger charge is -2.34. The Balaban J connectivity index is 1.54. The number of carbonyl (C=O) groups excluding carboxylic acids is 1. The molecule has 0 radical (unpaired) electrons. The maximum absolute atomic E-state index is 12.9. The molecule has 1 atom stereocenters. The third-order valence-electron chi connectivity index (χ3n) is 5.83. The SMILES string of the molecule is CC1CCCN1C(=O)N1CCc2ccc(-c3ccc(C(F)(F)F)cc3)cc2C1. The van der Waals surface area contributed by atoms with Crippen molar-refractivity contribution in [3.63, 3.8) is 0 Å². The molecule has 28 heavy (non-hydrogen) atoms. The van der Waals surface area contributed by atoms with Crippen molar-refractivity contribution in [1.82, 2.24) is 9.80 Å². The number of urea groups is 1. The normalized spacial score (nSPS) is 19.6. The number of benzene rings is 2. The second-order valence-corrected chi connectivity index (χ2v) is 7.70. The summed E-state index contributed by atoms with van der Waals surface area (Å²) in [6.45, 7) is 4.15. The molecule has 1 saturated heterocycles. The number of nitrogens with zero attached hydrogens (tertiary/aromatic N) is 2. The average Bonchev–Trinajstić information content (AvgIpc) is 3.12. The highest BCUT2D eigenvalue weighted by Gasteiger charge is 2.31. The molecule has 2 aliphatic heterocycles. The highest BCUT2D eigenvalue weighted by atomic mass is 19.4. The second-order valence-electron chi connectivity index (χ2n) is 7.70. The monoisotopic (exact) mass is 388 g/mol. The molecule has 2 heterocycles. The number of rotatable bonds is 1. The van der Waals surface area contributed by atoms with E-state index in [4.69, 9.17) is 0 Å². The molecule has 1 unspecified atom stereocenters. The highest BCUT2D eigenvalue weighted by Crippen LogP contribution is 2.32. The number of amides is 2. The molecule has 0 N–H and O–H groups in total. The Morgan fingerprint density at radius 1 is 1.00 bits per heavy atom. The van der Waals surface area contributed by atoms with Crippen LogP contribution in [0.1, 0.15) is 36.5 Å². The first-order valence-electron chi connectivity index (χ1n) is 9.68. The molecule has 3 nitrogen and oxygen atoms in total. The van der Waals surface area contributed by atoms with E-state index in [0.29, 0.717) is 13.1 Å². The molecule has 1 fully saturated rings. The van der Waals surface area contributed by atoms with Crippen molar-refractivity contribution >= 4 is 6.03 Å². The van der Waals surface area contributed by atoms with Crippen molar-refractivity contribution in [3.05, 3.63) is 59.2 Å². The predicted molar refractivity (Wildman–Crippen MR) is 102 cm³/mol. The van der Waals surface area contributed by atoms with Crippen LogP contribution >= 0.6 is 0 Å². The number of likely N-dealkylation sites (tertiary alicyclic amines) is 1. The van der Waals surface area contributed by atoms with Crippen LogP contribution in [0.25, 0.3) is 11.1 Å². The number of fused-ring (bicyclic) bond motifs is 1. The lowest BCUT2D eigenvalue weighted by atomic mass is 9.94. The molecule has 0 spiro atoms. The molecule has 2 aromatic carbocycles. The minimum absolute atomic E-state index is 0.0931. The third kappa shape index (κ3) is 3.60. The van der Waals surface area contributed by atoms with Crippen LogP contribution in [0, 0.1) is 0 Å². The number of alkyl halides is 3. The van der Waals surface area contributed by atoms with Crippen LogP contribution < -0.4 is 0 Å². The molecule has 148 valence electrons. The van der Waals surface area contributed by atoms with Crippen LogP contribution in [0.5, 0.6) is 0 Å². The Labute approximate surface area is 162 Å². The average molecular weight is 388 g/mol. The molecule has 2 aromatic rings. The summed E-state index contributed by atoms with van der Waals surface area (Å²) in [5.74, 6) is 0. The van der Waals surface area contributed by atoms with Gasteiger partial charge in [-0.2, -0.15) is 13.2 Å². The summed E-state index contributed by atoms with van der Waals surface area (Å²) in [5, 5.41) is 0. The van der Waals surface area contributed by atoms with Crippen molar-refractivity contribution < 1.29 is 18.0 Å². The van der Waals surface area contributed by atoms with Crippen LogP contribution in [0.4, 0.5) is 18.0 Å². The summed E-state index contributed by atoms with van der Waals surface area (Å²) >= 11 is 0. The van der Waals surface area contributed by atoms with Crippen molar-refractivity contribution in [2.24, 2.45) is 0 Å². The fraction of sp³-hybridized carbons (Fsp3) is 0.409. The summed E-state index contributed by atoms with van der Waals surface area (Å²) < 4.78 is 38.3. The van der Waals surface area contributed by atoms with Gasteiger partial charge < -0.3 is 9.80 Å².